The second-order valence-electron chi connectivity index (χ2n) is 12.7. The molecule has 244 valence electrons. The molecule has 5 rings (SSSR count). The van der Waals surface area contributed by atoms with Crippen LogP contribution in [0.3, 0.4) is 0 Å². The third kappa shape index (κ3) is 7.37. The average Bonchev–Trinajstić information content (AvgIpc) is 2.98. The van der Waals surface area contributed by atoms with Crippen molar-refractivity contribution >= 4 is 50.8 Å². The van der Waals surface area contributed by atoms with Gasteiger partial charge in [0.1, 0.15) is 23.2 Å². The number of aromatic nitrogens is 1. The number of pyridine rings is 1. The van der Waals surface area contributed by atoms with Crippen molar-refractivity contribution in [1.29, 1.82) is 0 Å². The summed E-state index contributed by atoms with van der Waals surface area (Å²) in [7, 11) is -4.04. The highest BCUT2D eigenvalue weighted by Crippen LogP contribution is 2.42. The summed E-state index contributed by atoms with van der Waals surface area (Å²) in [6.45, 7) is 10.3. The predicted molar refractivity (Wildman–Crippen MR) is 178 cm³/mol. The Bertz CT molecular complexity index is 1720. The fourth-order valence-corrected chi connectivity index (χ4v) is 7.93. The van der Waals surface area contributed by atoms with Crippen LogP contribution >= 0.6 is 12.4 Å². The van der Waals surface area contributed by atoms with E-state index in [1.54, 1.807) is 24.9 Å². The summed E-state index contributed by atoms with van der Waals surface area (Å²) in [4.78, 5) is 33.0. The number of hydrogen-bond donors (Lipinski definition) is 3. The number of amides is 2. The van der Waals surface area contributed by atoms with E-state index in [-0.39, 0.29) is 35.2 Å². The van der Waals surface area contributed by atoms with Gasteiger partial charge >= 0.3 is 0 Å². The predicted octanol–water partition coefficient (Wildman–Crippen LogP) is 4.29. The molecule has 3 aromatic rings. The van der Waals surface area contributed by atoms with Gasteiger partial charge < -0.3 is 20.7 Å². The average molecular weight is 658 g/mol. The van der Waals surface area contributed by atoms with Gasteiger partial charge in [-0.1, -0.05) is 18.2 Å². The molecule has 1 atom stereocenters. The Kier molecular flexibility index (Phi) is 10.4. The third-order valence-corrected chi connectivity index (χ3v) is 10.6. The van der Waals surface area contributed by atoms with Crippen LogP contribution in [0.1, 0.15) is 67.3 Å². The summed E-state index contributed by atoms with van der Waals surface area (Å²) in [5.74, 6) is 0.426. The van der Waals surface area contributed by atoms with Crippen LogP contribution in [0.25, 0.3) is 10.8 Å². The van der Waals surface area contributed by atoms with Crippen LogP contribution in [0, 0.1) is 20.8 Å². The number of nitrogen functional groups attached to an aromatic ring is 1. The summed E-state index contributed by atoms with van der Waals surface area (Å²) in [6.07, 6.45) is 6.25. The Morgan fingerprint density at radius 1 is 1.07 bits per heavy atom. The third-order valence-electron chi connectivity index (χ3n) is 8.96. The quantitative estimate of drug-likeness (QED) is 0.328. The molecule has 1 saturated heterocycles. The first-order valence-electron chi connectivity index (χ1n) is 15.3. The van der Waals surface area contributed by atoms with Gasteiger partial charge in [0.05, 0.1) is 11.4 Å². The molecular formula is C33H44ClN5O5S. The number of carbonyl (C=O) groups excluding carboxylic acids is 2. The number of hydrogen-bond acceptors (Lipinski definition) is 7. The number of ether oxygens (including phenoxy) is 1. The number of rotatable bonds is 8. The first-order valence-corrected chi connectivity index (χ1v) is 16.8. The lowest BCUT2D eigenvalue weighted by Gasteiger charge is -2.35. The Hall–Kier alpha value is -3.41. The van der Waals surface area contributed by atoms with Crippen molar-refractivity contribution in [3.8, 4) is 5.75 Å². The first kappa shape index (κ1) is 34.5. The highest BCUT2D eigenvalue weighted by atomic mass is 35.5. The molecule has 0 aliphatic carbocycles. The molecular weight excluding hydrogens is 614 g/mol. The number of piperidine rings is 1. The van der Waals surface area contributed by atoms with E-state index in [2.05, 4.69) is 15.0 Å². The summed E-state index contributed by atoms with van der Waals surface area (Å²) in [6, 6.07) is 6.68. The zero-order valence-electron chi connectivity index (χ0n) is 26.7. The monoisotopic (exact) mass is 657 g/mol. The Labute approximate surface area is 271 Å². The van der Waals surface area contributed by atoms with Crippen molar-refractivity contribution in [2.75, 3.05) is 25.4 Å². The van der Waals surface area contributed by atoms with Crippen LogP contribution in [-0.4, -0.2) is 61.4 Å². The molecule has 2 aliphatic rings. The van der Waals surface area contributed by atoms with E-state index < -0.39 is 28.5 Å². The van der Waals surface area contributed by atoms with Gasteiger partial charge in [0.15, 0.2) is 0 Å². The number of nitrogens with zero attached hydrogens (tertiary/aromatic N) is 2. The van der Waals surface area contributed by atoms with E-state index >= 15 is 0 Å². The highest BCUT2D eigenvalue weighted by molar-refractivity contribution is 7.89. The van der Waals surface area contributed by atoms with Crippen molar-refractivity contribution in [3.05, 3.63) is 58.3 Å². The maximum Gasteiger partial charge on any atom is 0.245 e. The van der Waals surface area contributed by atoms with E-state index in [0.717, 1.165) is 58.9 Å². The van der Waals surface area contributed by atoms with Gasteiger partial charge in [0, 0.05) is 31.1 Å². The van der Waals surface area contributed by atoms with Crippen molar-refractivity contribution in [2.24, 2.45) is 0 Å². The van der Waals surface area contributed by atoms with Gasteiger partial charge in [-0.2, -0.15) is 0 Å². The Balaban J connectivity index is 0.00000461. The molecule has 12 heteroatoms. The summed E-state index contributed by atoms with van der Waals surface area (Å²) < 4.78 is 36.0. The zero-order chi connectivity index (χ0) is 31.8. The minimum absolute atomic E-state index is 0. The number of anilines is 1. The Morgan fingerprint density at radius 3 is 2.49 bits per heavy atom. The van der Waals surface area contributed by atoms with E-state index in [4.69, 9.17) is 10.5 Å². The zero-order valence-corrected chi connectivity index (χ0v) is 28.3. The van der Waals surface area contributed by atoms with E-state index in [0.29, 0.717) is 36.5 Å². The van der Waals surface area contributed by atoms with Crippen molar-refractivity contribution in [1.82, 2.24) is 19.9 Å². The molecule has 10 nitrogen and oxygen atoms in total. The maximum atomic E-state index is 13.6. The van der Waals surface area contributed by atoms with Crippen LogP contribution in [0.4, 0.5) is 5.82 Å². The van der Waals surface area contributed by atoms with Gasteiger partial charge in [-0.15, -0.1) is 12.4 Å². The molecule has 1 fully saturated rings. The number of likely N-dealkylation sites (tertiary alicyclic amines) is 1. The van der Waals surface area contributed by atoms with Gasteiger partial charge in [-0.3, -0.25) is 9.59 Å². The molecule has 45 heavy (non-hydrogen) atoms. The summed E-state index contributed by atoms with van der Waals surface area (Å²) in [5, 5.41) is 4.53. The molecule has 4 N–H and O–H groups in total. The second-order valence-corrected chi connectivity index (χ2v) is 14.4. The van der Waals surface area contributed by atoms with Crippen LogP contribution in [0.2, 0.25) is 0 Å². The summed E-state index contributed by atoms with van der Waals surface area (Å²) >= 11 is 0. The van der Waals surface area contributed by atoms with Crippen LogP contribution in [0.15, 0.2) is 35.4 Å². The van der Waals surface area contributed by atoms with E-state index in [9.17, 15) is 18.0 Å². The number of fused-ring (bicyclic) bond motifs is 2. The van der Waals surface area contributed by atoms with E-state index in [1.807, 2.05) is 45.0 Å². The highest BCUT2D eigenvalue weighted by Gasteiger charge is 2.34. The van der Waals surface area contributed by atoms with Crippen molar-refractivity contribution in [3.63, 3.8) is 0 Å². The van der Waals surface area contributed by atoms with Crippen LogP contribution in [-0.2, 0) is 32.5 Å². The fourth-order valence-electron chi connectivity index (χ4n) is 6.38. The molecule has 0 saturated carbocycles. The minimum Gasteiger partial charge on any atom is -0.487 e. The molecule has 0 radical (unpaired) electrons. The van der Waals surface area contributed by atoms with Crippen LogP contribution in [0.5, 0.6) is 5.75 Å². The maximum absolute atomic E-state index is 13.6. The lowest BCUT2D eigenvalue weighted by atomic mass is 9.88. The number of carbonyl (C=O) groups is 2. The van der Waals surface area contributed by atoms with Crippen LogP contribution < -0.4 is 20.5 Å². The molecule has 2 aliphatic heterocycles. The SMILES string of the molecule is Cc1c(C)c(S(=O)(=O)NCC(=O)NC(Cc2ccc3c(N)nccc3c2)C(=O)N2CCCCC2)c(C)c2c1OC(C)(C)CC2.Cl. The molecule has 2 aromatic carbocycles. The van der Waals surface area contributed by atoms with E-state index in [1.165, 1.54) is 0 Å². The largest absolute Gasteiger partial charge is 0.487 e. The molecule has 2 amide bonds. The van der Waals surface area contributed by atoms with Gasteiger partial charge in [-0.25, -0.2) is 18.1 Å². The van der Waals surface area contributed by atoms with Gasteiger partial charge in [-0.05, 0) is 106 Å². The number of sulfonamides is 1. The molecule has 0 bridgehead atoms. The minimum atomic E-state index is -4.04. The van der Waals surface area contributed by atoms with Gasteiger partial charge in [0.2, 0.25) is 21.8 Å². The number of nitrogens with two attached hydrogens (primary N) is 1. The smallest absolute Gasteiger partial charge is 0.245 e. The molecule has 1 aromatic heterocycles. The van der Waals surface area contributed by atoms with Gasteiger partial charge in [0.25, 0.3) is 0 Å². The summed E-state index contributed by atoms with van der Waals surface area (Å²) in [5.41, 5.74) is 9.43. The van der Waals surface area contributed by atoms with Crippen molar-refractivity contribution in [2.45, 2.75) is 89.7 Å². The molecule has 0 spiro atoms. The molecule has 3 heterocycles. The first-order chi connectivity index (χ1) is 20.8. The standard InChI is InChI=1S/C33H43N5O5S.ClH/c1-20-21(2)30(22(3)25-11-13-33(4,5)43-29(20)25)44(41,42)36-19-28(39)37-27(32(40)38-15-7-6-8-16-38)18-23-9-10-26-24(17-23)12-14-35-31(26)34;/h9-10,12,14,17,27,36H,6-8,11,13,15-16,18-19H2,1-5H3,(H2,34,35)(H,37,39);1H. The normalized spacial score (nSPS) is 16.7. The topological polar surface area (TPSA) is 144 Å². The van der Waals surface area contributed by atoms with Crippen molar-refractivity contribution < 1.29 is 22.7 Å². The Morgan fingerprint density at radius 2 is 1.78 bits per heavy atom. The number of benzene rings is 2. The number of nitrogens with one attached hydrogen (secondary N) is 2. The fraction of sp³-hybridized carbons (Fsp3) is 0.485. The second kappa shape index (κ2) is 13.5. The molecule has 1 unspecified atom stereocenters. The number of halogens is 1. The lowest BCUT2D eigenvalue weighted by molar-refractivity contribution is -0.137. The lowest BCUT2D eigenvalue weighted by Crippen LogP contribution is -2.52.